The fraction of sp³-hybridized carbons (Fsp3) is 0.600. The van der Waals surface area contributed by atoms with E-state index in [-0.39, 0.29) is 0 Å². The summed E-state index contributed by atoms with van der Waals surface area (Å²) in [6.45, 7) is 4.26. The molecule has 1 unspecified atom stereocenters. The van der Waals surface area contributed by atoms with Crippen LogP contribution in [-0.4, -0.2) is 9.46 Å². The van der Waals surface area contributed by atoms with E-state index in [2.05, 4.69) is 6.92 Å². The quantitative estimate of drug-likeness (QED) is 0.848. The van der Waals surface area contributed by atoms with Crippen LogP contribution in [0.3, 0.4) is 0 Å². The number of hydrogen-bond acceptors (Lipinski definition) is 2. The van der Waals surface area contributed by atoms with Crippen LogP contribution in [-0.2, 0) is 10.8 Å². The summed E-state index contributed by atoms with van der Waals surface area (Å²) in [6, 6.07) is 5.72. The zero-order chi connectivity index (χ0) is 13.1. The van der Waals surface area contributed by atoms with Crippen LogP contribution in [0.2, 0.25) is 0 Å². The molecule has 0 heterocycles. The first-order valence-electron chi connectivity index (χ1n) is 6.88. The first kappa shape index (κ1) is 13.6. The van der Waals surface area contributed by atoms with Crippen LogP contribution in [0.4, 0.5) is 5.69 Å². The summed E-state index contributed by atoms with van der Waals surface area (Å²) in [5.41, 5.74) is 7.56. The van der Waals surface area contributed by atoms with E-state index in [1.165, 1.54) is 19.3 Å². The SMILES string of the molecule is CCC1CCC(S(=O)c2ccc(N)cc2C)CC1. The fourth-order valence-corrected chi connectivity index (χ4v) is 4.47. The number of nitrogen functional groups attached to an aromatic ring is 1. The highest BCUT2D eigenvalue weighted by molar-refractivity contribution is 7.85. The van der Waals surface area contributed by atoms with Gasteiger partial charge in [0.05, 0.1) is 10.8 Å². The number of rotatable bonds is 3. The highest BCUT2D eigenvalue weighted by Gasteiger charge is 2.25. The molecule has 0 aliphatic heterocycles. The molecule has 0 spiro atoms. The minimum absolute atomic E-state index is 0.343. The van der Waals surface area contributed by atoms with Gasteiger partial charge in [0.15, 0.2) is 0 Å². The Bertz CT molecular complexity index is 436. The molecular weight excluding hydrogens is 242 g/mol. The van der Waals surface area contributed by atoms with E-state index in [4.69, 9.17) is 5.73 Å². The summed E-state index contributed by atoms with van der Waals surface area (Å²) >= 11 is 0. The molecule has 3 heteroatoms. The number of benzene rings is 1. The summed E-state index contributed by atoms with van der Waals surface area (Å²) in [4.78, 5) is 0.976. The van der Waals surface area contributed by atoms with Crippen LogP contribution in [0.1, 0.15) is 44.6 Å². The molecule has 1 saturated carbocycles. The Balaban J connectivity index is 2.08. The Morgan fingerprint density at radius 2 is 1.94 bits per heavy atom. The van der Waals surface area contributed by atoms with Gasteiger partial charge in [-0.25, -0.2) is 0 Å². The molecule has 0 bridgehead atoms. The average Bonchev–Trinajstić information content (AvgIpc) is 2.38. The molecule has 1 aromatic rings. The number of aryl methyl sites for hydroxylation is 1. The molecule has 0 amide bonds. The van der Waals surface area contributed by atoms with E-state index in [1.807, 2.05) is 25.1 Å². The molecular formula is C15H23NOS. The molecule has 2 N–H and O–H groups in total. The van der Waals surface area contributed by atoms with E-state index >= 15 is 0 Å². The molecule has 0 radical (unpaired) electrons. The number of anilines is 1. The standard InChI is InChI=1S/C15H23NOS/c1-3-12-4-7-14(8-5-12)18(17)15-9-6-13(16)10-11(15)2/h6,9-10,12,14H,3-5,7-8,16H2,1-2H3. The molecule has 1 aromatic carbocycles. The van der Waals surface area contributed by atoms with Crippen LogP contribution in [0, 0.1) is 12.8 Å². The van der Waals surface area contributed by atoms with Crippen molar-refractivity contribution in [3.63, 3.8) is 0 Å². The van der Waals surface area contributed by atoms with Crippen LogP contribution in [0.15, 0.2) is 23.1 Å². The molecule has 18 heavy (non-hydrogen) atoms. The second-order valence-corrected chi connectivity index (χ2v) is 7.07. The Morgan fingerprint density at radius 1 is 1.28 bits per heavy atom. The van der Waals surface area contributed by atoms with Crippen molar-refractivity contribution in [2.45, 2.75) is 56.1 Å². The molecule has 1 fully saturated rings. The van der Waals surface area contributed by atoms with Gasteiger partial charge in [0.2, 0.25) is 0 Å². The molecule has 1 atom stereocenters. The van der Waals surface area contributed by atoms with E-state index in [1.54, 1.807) is 0 Å². The molecule has 1 aliphatic rings. The highest BCUT2D eigenvalue weighted by atomic mass is 32.2. The molecule has 1 aliphatic carbocycles. The lowest BCUT2D eigenvalue weighted by Crippen LogP contribution is -2.23. The molecule has 2 rings (SSSR count). The maximum absolute atomic E-state index is 12.6. The Labute approximate surface area is 112 Å². The van der Waals surface area contributed by atoms with Gasteiger partial charge in [-0.2, -0.15) is 0 Å². The van der Waals surface area contributed by atoms with Crippen molar-refractivity contribution in [1.29, 1.82) is 0 Å². The average molecular weight is 265 g/mol. The van der Waals surface area contributed by atoms with Crippen molar-refractivity contribution in [3.8, 4) is 0 Å². The molecule has 0 aromatic heterocycles. The molecule has 100 valence electrons. The Kier molecular flexibility index (Phi) is 4.44. The molecule has 2 nitrogen and oxygen atoms in total. The van der Waals surface area contributed by atoms with E-state index in [9.17, 15) is 4.21 Å². The lowest BCUT2D eigenvalue weighted by Gasteiger charge is -2.27. The van der Waals surface area contributed by atoms with Gasteiger partial charge in [-0.15, -0.1) is 0 Å². The normalized spacial score (nSPS) is 25.9. The van der Waals surface area contributed by atoms with Crippen molar-refractivity contribution in [1.82, 2.24) is 0 Å². The van der Waals surface area contributed by atoms with Gasteiger partial charge in [0, 0.05) is 15.8 Å². The zero-order valence-corrected chi connectivity index (χ0v) is 12.1. The summed E-state index contributed by atoms with van der Waals surface area (Å²) in [7, 11) is -0.862. The summed E-state index contributed by atoms with van der Waals surface area (Å²) < 4.78 is 12.6. The van der Waals surface area contributed by atoms with Gasteiger partial charge < -0.3 is 5.73 Å². The van der Waals surface area contributed by atoms with Crippen molar-refractivity contribution >= 4 is 16.5 Å². The predicted molar refractivity (Wildman–Crippen MR) is 78.0 cm³/mol. The van der Waals surface area contributed by atoms with E-state index in [0.717, 1.165) is 34.9 Å². The second kappa shape index (κ2) is 5.87. The monoisotopic (exact) mass is 265 g/mol. The van der Waals surface area contributed by atoms with Gasteiger partial charge in [-0.05, 0) is 62.3 Å². The highest BCUT2D eigenvalue weighted by Crippen LogP contribution is 2.32. The molecule has 0 saturated heterocycles. The third-order valence-electron chi connectivity index (χ3n) is 4.09. The maximum atomic E-state index is 12.6. The Morgan fingerprint density at radius 3 is 2.50 bits per heavy atom. The summed E-state index contributed by atoms with van der Waals surface area (Å²) in [5.74, 6) is 0.853. The first-order chi connectivity index (χ1) is 8.61. The second-order valence-electron chi connectivity index (χ2n) is 5.37. The Hall–Kier alpha value is -0.830. The van der Waals surface area contributed by atoms with Crippen LogP contribution in [0.5, 0.6) is 0 Å². The van der Waals surface area contributed by atoms with Crippen LogP contribution in [0.25, 0.3) is 0 Å². The van der Waals surface area contributed by atoms with Crippen molar-refractivity contribution in [3.05, 3.63) is 23.8 Å². The minimum Gasteiger partial charge on any atom is -0.399 e. The predicted octanol–water partition coefficient (Wildman–Crippen LogP) is 3.65. The fourth-order valence-electron chi connectivity index (χ4n) is 2.83. The topological polar surface area (TPSA) is 43.1 Å². The van der Waals surface area contributed by atoms with Crippen LogP contribution < -0.4 is 5.73 Å². The van der Waals surface area contributed by atoms with Crippen molar-refractivity contribution in [2.75, 3.05) is 5.73 Å². The van der Waals surface area contributed by atoms with Crippen molar-refractivity contribution < 1.29 is 4.21 Å². The van der Waals surface area contributed by atoms with Crippen molar-refractivity contribution in [2.24, 2.45) is 5.92 Å². The third kappa shape index (κ3) is 2.94. The van der Waals surface area contributed by atoms with Gasteiger partial charge in [-0.1, -0.05) is 13.3 Å². The van der Waals surface area contributed by atoms with E-state index in [0.29, 0.717) is 5.25 Å². The minimum atomic E-state index is -0.862. The van der Waals surface area contributed by atoms with Gasteiger partial charge in [0.25, 0.3) is 0 Å². The summed E-state index contributed by atoms with van der Waals surface area (Å²) in [5, 5.41) is 0.343. The number of hydrogen-bond donors (Lipinski definition) is 1. The zero-order valence-electron chi connectivity index (χ0n) is 11.3. The largest absolute Gasteiger partial charge is 0.399 e. The summed E-state index contributed by atoms with van der Waals surface area (Å²) in [6.07, 6.45) is 5.95. The lowest BCUT2D eigenvalue weighted by molar-refractivity contribution is 0.353. The third-order valence-corrected chi connectivity index (χ3v) is 6.06. The van der Waals surface area contributed by atoms with E-state index < -0.39 is 10.8 Å². The maximum Gasteiger partial charge on any atom is 0.0563 e. The lowest BCUT2D eigenvalue weighted by atomic mass is 9.87. The smallest absolute Gasteiger partial charge is 0.0563 e. The van der Waals surface area contributed by atoms with Gasteiger partial charge >= 0.3 is 0 Å². The van der Waals surface area contributed by atoms with Gasteiger partial charge in [-0.3, -0.25) is 4.21 Å². The number of nitrogens with two attached hydrogens (primary N) is 1. The van der Waals surface area contributed by atoms with Gasteiger partial charge in [0.1, 0.15) is 0 Å². The first-order valence-corrected chi connectivity index (χ1v) is 8.09. The van der Waals surface area contributed by atoms with Crippen LogP contribution >= 0.6 is 0 Å².